The number of carbonyl (C=O) groups is 1. The third-order valence-corrected chi connectivity index (χ3v) is 3.10. The van der Waals surface area contributed by atoms with Crippen LogP contribution in [0.4, 0.5) is 5.69 Å². The molecule has 0 radical (unpaired) electrons. The van der Waals surface area contributed by atoms with E-state index in [1.54, 1.807) is 0 Å². The molecule has 0 saturated heterocycles. The Morgan fingerprint density at radius 1 is 1.41 bits per heavy atom. The van der Waals surface area contributed by atoms with Crippen molar-refractivity contribution >= 4 is 11.7 Å². The average molecular weight is 235 g/mol. The molecule has 17 heavy (non-hydrogen) atoms. The summed E-state index contributed by atoms with van der Waals surface area (Å²) in [4.78, 5) is 13.0. The maximum Gasteiger partial charge on any atom is 0.308 e. The number of benzene rings is 1. The highest BCUT2D eigenvalue weighted by atomic mass is 16.4. The zero-order valence-corrected chi connectivity index (χ0v) is 11.0. The average Bonchev–Trinajstić information content (AvgIpc) is 2.24. The van der Waals surface area contributed by atoms with Crippen LogP contribution in [0, 0.1) is 19.8 Å². The van der Waals surface area contributed by atoms with Crippen LogP contribution in [0.1, 0.15) is 24.5 Å². The van der Waals surface area contributed by atoms with Crippen LogP contribution in [-0.4, -0.2) is 24.7 Å². The van der Waals surface area contributed by atoms with Gasteiger partial charge in [-0.3, -0.25) is 4.79 Å². The molecule has 0 aliphatic heterocycles. The van der Waals surface area contributed by atoms with Gasteiger partial charge in [-0.15, -0.1) is 0 Å². The summed E-state index contributed by atoms with van der Waals surface area (Å²) in [6, 6.07) is 6.23. The predicted octanol–water partition coefficient (Wildman–Crippen LogP) is 2.85. The lowest BCUT2D eigenvalue weighted by Gasteiger charge is -2.24. The summed E-state index contributed by atoms with van der Waals surface area (Å²) in [5.41, 5.74) is 3.52. The molecule has 94 valence electrons. The van der Waals surface area contributed by atoms with Crippen LogP contribution in [0.5, 0.6) is 0 Å². The highest BCUT2D eigenvalue weighted by Crippen LogP contribution is 2.21. The number of carboxylic acids is 1. The van der Waals surface area contributed by atoms with Gasteiger partial charge in [-0.2, -0.15) is 0 Å². The molecular weight excluding hydrogens is 214 g/mol. The van der Waals surface area contributed by atoms with Gasteiger partial charge in [0.15, 0.2) is 0 Å². The quantitative estimate of drug-likeness (QED) is 0.853. The van der Waals surface area contributed by atoms with Crippen LogP contribution in [0.25, 0.3) is 0 Å². The molecule has 0 amide bonds. The Kier molecular flexibility index (Phi) is 4.55. The third-order valence-electron chi connectivity index (χ3n) is 3.10. The monoisotopic (exact) mass is 235 g/mol. The number of aryl methyl sites for hydroxylation is 2. The first-order chi connectivity index (χ1) is 7.95. The van der Waals surface area contributed by atoms with Crippen molar-refractivity contribution in [2.24, 2.45) is 5.92 Å². The van der Waals surface area contributed by atoms with E-state index < -0.39 is 5.97 Å². The normalized spacial score (nSPS) is 12.2. The summed E-state index contributed by atoms with van der Waals surface area (Å²) in [5.74, 6) is -1.02. The Balaban J connectivity index is 2.82. The van der Waals surface area contributed by atoms with Crippen molar-refractivity contribution in [1.82, 2.24) is 0 Å². The first kappa shape index (κ1) is 13.6. The molecule has 3 nitrogen and oxygen atoms in total. The van der Waals surface area contributed by atoms with Crippen molar-refractivity contribution in [2.75, 3.05) is 18.5 Å². The third kappa shape index (κ3) is 3.48. The zero-order valence-electron chi connectivity index (χ0n) is 11.0. The van der Waals surface area contributed by atoms with E-state index in [0.717, 1.165) is 5.69 Å². The molecule has 0 bridgehead atoms. The van der Waals surface area contributed by atoms with E-state index in [1.807, 2.05) is 18.9 Å². The number of hydrogen-bond acceptors (Lipinski definition) is 2. The van der Waals surface area contributed by atoms with Gasteiger partial charge in [0.2, 0.25) is 0 Å². The molecule has 0 aliphatic rings. The summed E-state index contributed by atoms with van der Waals surface area (Å²) >= 11 is 0. The number of rotatable bonds is 5. The SMILES string of the molecule is CCC(CN(C)c1ccc(C)cc1C)C(=O)O. The van der Waals surface area contributed by atoms with Crippen LogP contribution in [0.15, 0.2) is 18.2 Å². The molecule has 1 rings (SSSR count). The van der Waals surface area contributed by atoms with E-state index in [2.05, 4.69) is 32.0 Å². The van der Waals surface area contributed by atoms with Gasteiger partial charge in [-0.05, 0) is 31.9 Å². The number of nitrogens with zero attached hydrogens (tertiary/aromatic N) is 1. The van der Waals surface area contributed by atoms with Crippen LogP contribution >= 0.6 is 0 Å². The van der Waals surface area contributed by atoms with Crippen LogP contribution in [-0.2, 0) is 4.79 Å². The fourth-order valence-corrected chi connectivity index (χ4v) is 2.04. The first-order valence-corrected chi connectivity index (χ1v) is 5.97. The number of aliphatic carboxylic acids is 1. The topological polar surface area (TPSA) is 40.5 Å². The van der Waals surface area contributed by atoms with E-state index >= 15 is 0 Å². The van der Waals surface area contributed by atoms with Crippen LogP contribution < -0.4 is 4.90 Å². The second-order valence-electron chi connectivity index (χ2n) is 4.61. The zero-order chi connectivity index (χ0) is 13.0. The fraction of sp³-hybridized carbons (Fsp3) is 0.500. The van der Waals surface area contributed by atoms with Gasteiger partial charge in [0, 0.05) is 19.3 Å². The van der Waals surface area contributed by atoms with Gasteiger partial charge in [0.05, 0.1) is 5.92 Å². The number of hydrogen-bond donors (Lipinski definition) is 1. The lowest BCUT2D eigenvalue weighted by atomic mass is 10.0. The van der Waals surface area contributed by atoms with Gasteiger partial charge in [-0.1, -0.05) is 24.6 Å². The van der Waals surface area contributed by atoms with Crippen molar-refractivity contribution in [3.63, 3.8) is 0 Å². The molecule has 1 atom stereocenters. The van der Waals surface area contributed by atoms with Gasteiger partial charge in [0.25, 0.3) is 0 Å². The standard InChI is InChI=1S/C14H21NO2/c1-5-12(14(16)17)9-15(4)13-7-6-10(2)8-11(13)3/h6-8,12H,5,9H2,1-4H3,(H,16,17). The van der Waals surface area contributed by atoms with Crippen molar-refractivity contribution in [2.45, 2.75) is 27.2 Å². The predicted molar refractivity (Wildman–Crippen MR) is 70.6 cm³/mol. The van der Waals surface area contributed by atoms with Gasteiger partial charge >= 0.3 is 5.97 Å². The summed E-state index contributed by atoms with van der Waals surface area (Å²) in [7, 11) is 1.95. The lowest BCUT2D eigenvalue weighted by molar-refractivity contribution is -0.141. The Bertz CT molecular complexity index is 401. The second kappa shape index (κ2) is 5.71. The Morgan fingerprint density at radius 2 is 2.06 bits per heavy atom. The van der Waals surface area contributed by atoms with Crippen LogP contribution in [0.2, 0.25) is 0 Å². The molecular formula is C14H21NO2. The minimum Gasteiger partial charge on any atom is -0.481 e. The molecule has 1 unspecified atom stereocenters. The van der Waals surface area contributed by atoms with Gasteiger partial charge in [0.1, 0.15) is 0 Å². The Labute approximate surface area is 103 Å². The number of carboxylic acid groups (broad SMARTS) is 1. The van der Waals surface area contributed by atoms with E-state index in [4.69, 9.17) is 5.11 Å². The fourth-order valence-electron chi connectivity index (χ4n) is 2.04. The molecule has 0 heterocycles. The second-order valence-corrected chi connectivity index (χ2v) is 4.61. The first-order valence-electron chi connectivity index (χ1n) is 5.97. The van der Waals surface area contributed by atoms with Crippen molar-refractivity contribution < 1.29 is 9.90 Å². The summed E-state index contributed by atoms with van der Waals surface area (Å²) in [6.07, 6.45) is 0.657. The van der Waals surface area contributed by atoms with E-state index in [9.17, 15) is 4.79 Å². The van der Waals surface area contributed by atoms with Gasteiger partial charge < -0.3 is 10.0 Å². The van der Waals surface area contributed by atoms with Crippen molar-refractivity contribution in [3.05, 3.63) is 29.3 Å². The van der Waals surface area contributed by atoms with E-state index in [-0.39, 0.29) is 5.92 Å². The summed E-state index contributed by atoms with van der Waals surface area (Å²) in [5, 5.41) is 9.06. The highest BCUT2D eigenvalue weighted by molar-refractivity contribution is 5.71. The molecule has 0 aromatic heterocycles. The highest BCUT2D eigenvalue weighted by Gasteiger charge is 2.18. The minimum atomic E-state index is -0.718. The molecule has 0 spiro atoms. The summed E-state index contributed by atoms with van der Waals surface area (Å²) in [6.45, 7) is 6.58. The van der Waals surface area contributed by atoms with Gasteiger partial charge in [-0.25, -0.2) is 0 Å². The maximum atomic E-state index is 11.0. The van der Waals surface area contributed by atoms with Crippen molar-refractivity contribution in [3.8, 4) is 0 Å². The van der Waals surface area contributed by atoms with E-state index in [1.165, 1.54) is 11.1 Å². The van der Waals surface area contributed by atoms with E-state index in [0.29, 0.717) is 13.0 Å². The molecule has 0 fully saturated rings. The Morgan fingerprint density at radius 3 is 2.53 bits per heavy atom. The molecule has 1 aromatic carbocycles. The summed E-state index contributed by atoms with van der Waals surface area (Å²) < 4.78 is 0. The molecule has 0 aliphatic carbocycles. The van der Waals surface area contributed by atoms with Crippen LogP contribution in [0.3, 0.4) is 0 Å². The largest absolute Gasteiger partial charge is 0.481 e. The Hall–Kier alpha value is -1.51. The molecule has 1 aromatic rings. The smallest absolute Gasteiger partial charge is 0.308 e. The minimum absolute atomic E-state index is 0.305. The number of anilines is 1. The lowest BCUT2D eigenvalue weighted by Crippen LogP contribution is -2.30. The molecule has 1 N–H and O–H groups in total. The maximum absolute atomic E-state index is 11.0. The molecule has 0 saturated carbocycles. The molecule has 3 heteroatoms. The van der Waals surface area contributed by atoms with Crippen molar-refractivity contribution in [1.29, 1.82) is 0 Å².